The maximum absolute atomic E-state index is 12.7. The number of ether oxygens (including phenoxy) is 2. The van der Waals surface area contributed by atoms with E-state index >= 15 is 0 Å². The summed E-state index contributed by atoms with van der Waals surface area (Å²) in [5.74, 6) is 0.706. The molecule has 0 bridgehead atoms. The highest BCUT2D eigenvalue weighted by Crippen LogP contribution is 2.47. The van der Waals surface area contributed by atoms with Crippen LogP contribution in [0.25, 0.3) is 11.0 Å². The number of aromatic nitrogens is 1. The SMILES string of the molecule is CCOC(=O)C1(OC(c2cc3cc(CC(=O)NCc4ccc(C)cc4C)ccc3o2)c2c(C)noc2C)CC1. The van der Waals surface area contributed by atoms with Crippen molar-refractivity contribution in [1.82, 2.24) is 10.5 Å². The molecular formula is C31H34N2O6. The molecule has 1 amide bonds. The summed E-state index contributed by atoms with van der Waals surface area (Å²) in [6, 6.07) is 13.8. The molecule has 1 unspecified atom stereocenters. The van der Waals surface area contributed by atoms with Crippen LogP contribution in [0.3, 0.4) is 0 Å². The molecule has 2 aromatic heterocycles. The molecule has 0 aliphatic heterocycles. The van der Waals surface area contributed by atoms with Gasteiger partial charge < -0.3 is 23.7 Å². The monoisotopic (exact) mass is 530 g/mol. The van der Waals surface area contributed by atoms with Crippen molar-refractivity contribution in [1.29, 1.82) is 0 Å². The van der Waals surface area contributed by atoms with Crippen molar-refractivity contribution in [2.75, 3.05) is 6.61 Å². The number of fused-ring (bicyclic) bond motifs is 1. The van der Waals surface area contributed by atoms with Crippen molar-refractivity contribution >= 4 is 22.8 Å². The average Bonchev–Trinajstić information content (AvgIpc) is 3.44. The van der Waals surface area contributed by atoms with Gasteiger partial charge in [0.2, 0.25) is 5.91 Å². The summed E-state index contributed by atoms with van der Waals surface area (Å²) in [7, 11) is 0. The lowest BCUT2D eigenvalue weighted by molar-refractivity contribution is -0.164. The summed E-state index contributed by atoms with van der Waals surface area (Å²) in [5, 5.41) is 7.95. The van der Waals surface area contributed by atoms with Crippen LogP contribution in [-0.4, -0.2) is 29.2 Å². The van der Waals surface area contributed by atoms with E-state index < -0.39 is 11.7 Å². The minimum Gasteiger partial charge on any atom is -0.464 e. The number of benzene rings is 2. The fourth-order valence-corrected chi connectivity index (χ4v) is 4.93. The molecule has 8 nitrogen and oxygen atoms in total. The maximum Gasteiger partial charge on any atom is 0.338 e. The normalized spacial score (nSPS) is 14.8. The van der Waals surface area contributed by atoms with Crippen LogP contribution in [0.1, 0.15) is 70.9 Å². The van der Waals surface area contributed by atoms with Gasteiger partial charge in [0.05, 0.1) is 24.3 Å². The number of carbonyl (C=O) groups is 2. The Morgan fingerprint density at radius 3 is 2.54 bits per heavy atom. The molecule has 0 radical (unpaired) electrons. The Morgan fingerprint density at radius 2 is 1.87 bits per heavy atom. The number of amides is 1. The third-order valence-electron chi connectivity index (χ3n) is 7.24. The summed E-state index contributed by atoms with van der Waals surface area (Å²) in [6.07, 6.45) is 0.706. The third-order valence-corrected chi connectivity index (χ3v) is 7.24. The van der Waals surface area contributed by atoms with Crippen LogP contribution in [0, 0.1) is 27.7 Å². The standard InChI is InChI=1S/C31H34N2O6/c1-6-36-30(35)31(11-12-31)38-29(28-20(4)33-39-21(28)5)26-16-24-14-22(8-10-25(24)37-26)15-27(34)32-17-23-9-7-18(2)13-19(23)3/h7-10,13-14,16,29H,6,11-12,15,17H2,1-5H3,(H,32,34). The second-order valence-corrected chi connectivity index (χ2v) is 10.4. The predicted molar refractivity (Wildman–Crippen MR) is 145 cm³/mol. The lowest BCUT2D eigenvalue weighted by Crippen LogP contribution is -2.31. The molecule has 2 heterocycles. The molecule has 5 rings (SSSR count). The van der Waals surface area contributed by atoms with Crippen molar-refractivity contribution in [2.45, 2.75) is 72.1 Å². The highest BCUT2D eigenvalue weighted by molar-refractivity contribution is 5.84. The first-order valence-corrected chi connectivity index (χ1v) is 13.3. The number of nitrogens with zero attached hydrogens (tertiary/aromatic N) is 1. The summed E-state index contributed by atoms with van der Waals surface area (Å²) in [4.78, 5) is 25.4. The molecule has 0 saturated heterocycles. The van der Waals surface area contributed by atoms with Crippen LogP contribution in [0.2, 0.25) is 0 Å². The van der Waals surface area contributed by atoms with Crippen LogP contribution in [0.4, 0.5) is 0 Å². The molecule has 1 aliphatic rings. The van der Waals surface area contributed by atoms with E-state index in [0.29, 0.717) is 42.2 Å². The number of carbonyl (C=O) groups excluding carboxylic acids is 2. The number of furan rings is 1. The van der Waals surface area contributed by atoms with Crippen LogP contribution >= 0.6 is 0 Å². The van der Waals surface area contributed by atoms with E-state index in [1.54, 1.807) is 6.92 Å². The highest BCUT2D eigenvalue weighted by atomic mass is 16.6. The minimum absolute atomic E-state index is 0.0555. The summed E-state index contributed by atoms with van der Waals surface area (Å²) in [6.45, 7) is 10.3. The Bertz CT molecular complexity index is 1510. The van der Waals surface area contributed by atoms with Crippen molar-refractivity contribution < 1.29 is 28.0 Å². The predicted octanol–water partition coefficient (Wildman–Crippen LogP) is 5.72. The fourth-order valence-electron chi connectivity index (χ4n) is 4.93. The summed E-state index contributed by atoms with van der Waals surface area (Å²) >= 11 is 0. The Morgan fingerprint density at radius 1 is 1.08 bits per heavy atom. The molecule has 1 N–H and O–H groups in total. The average molecular weight is 531 g/mol. The van der Waals surface area contributed by atoms with E-state index in [9.17, 15) is 9.59 Å². The molecule has 204 valence electrons. The highest BCUT2D eigenvalue weighted by Gasteiger charge is 2.55. The van der Waals surface area contributed by atoms with E-state index in [1.165, 1.54) is 5.56 Å². The molecule has 1 saturated carbocycles. The Kier molecular flexibility index (Phi) is 7.32. The van der Waals surface area contributed by atoms with Crippen molar-refractivity contribution in [3.63, 3.8) is 0 Å². The minimum atomic E-state index is -1.01. The zero-order chi connectivity index (χ0) is 27.7. The van der Waals surface area contributed by atoms with Gasteiger partial charge in [0.1, 0.15) is 23.2 Å². The quantitative estimate of drug-likeness (QED) is 0.262. The molecule has 0 spiro atoms. The zero-order valence-corrected chi connectivity index (χ0v) is 23.1. The van der Waals surface area contributed by atoms with Gasteiger partial charge in [-0.15, -0.1) is 0 Å². The van der Waals surface area contributed by atoms with E-state index in [0.717, 1.165) is 27.6 Å². The summed E-state index contributed by atoms with van der Waals surface area (Å²) in [5.41, 5.74) is 5.38. The number of esters is 1. The van der Waals surface area contributed by atoms with Crippen LogP contribution < -0.4 is 5.32 Å². The smallest absolute Gasteiger partial charge is 0.338 e. The van der Waals surface area contributed by atoms with Crippen molar-refractivity contribution in [2.24, 2.45) is 0 Å². The molecule has 8 heteroatoms. The van der Waals surface area contributed by atoms with Crippen LogP contribution in [-0.2, 0) is 32.0 Å². The number of hydrogen-bond donors (Lipinski definition) is 1. The van der Waals surface area contributed by atoms with Crippen molar-refractivity contribution in [3.05, 3.63) is 87.5 Å². The largest absolute Gasteiger partial charge is 0.464 e. The van der Waals surface area contributed by atoms with Gasteiger partial charge in [-0.05, 0) is 82.3 Å². The molecule has 1 aliphatic carbocycles. The second kappa shape index (κ2) is 10.7. The van der Waals surface area contributed by atoms with E-state index in [-0.39, 0.29) is 24.9 Å². The molecular weight excluding hydrogens is 496 g/mol. The Labute approximate surface area is 227 Å². The first-order chi connectivity index (χ1) is 18.7. The van der Waals surface area contributed by atoms with Gasteiger partial charge >= 0.3 is 5.97 Å². The topological polar surface area (TPSA) is 104 Å². The molecule has 1 fully saturated rings. The molecule has 1 atom stereocenters. The van der Waals surface area contributed by atoms with E-state index in [1.807, 2.05) is 38.1 Å². The van der Waals surface area contributed by atoms with Gasteiger partial charge in [-0.3, -0.25) is 4.79 Å². The van der Waals surface area contributed by atoms with Crippen LogP contribution in [0.5, 0.6) is 0 Å². The van der Waals surface area contributed by atoms with Gasteiger partial charge in [0.15, 0.2) is 5.60 Å². The first kappa shape index (κ1) is 26.7. The van der Waals surface area contributed by atoms with Gasteiger partial charge in [-0.25, -0.2) is 4.79 Å². The molecule has 4 aromatic rings. The zero-order valence-electron chi connectivity index (χ0n) is 23.1. The first-order valence-electron chi connectivity index (χ1n) is 13.3. The molecule has 39 heavy (non-hydrogen) atoms. The van der Waals surface area contributed by atoms with Gasteiger partial charge in [0, 0.05) is 11.9 Å². The lowest BCUT2D eigenvalue weighted by atomic mass is 10.0. The van der Waals surface area contributed by atoms with Gasteiger partial charge in [-0.2, -0.15) is 0 Å². The Hall–Kier alpha value is -3.91. The summed E-state index contributed by atoms with van der Waals surface area (Å²) < 4.78 is 23.4. The maximum atomic E-state index is 12.7. The third kappa shape index (κ3) is 5.61. The number of rotatable bonds is 10. The number of nitrogens with one attached hydrogen (secondary N) is 1. The lowest BCUT2D eigenvalue weighted by Gasteiger charge is -2.22. The van der Waals surface area contributed by atoms with E-state index in [4.69, 9.17) is 18.4 Å². The Balaban J connectivity index is 1.36. The van der Waals surface area contributed by atoms with Crippen LogP contribution in [0.15, 0.2) is 51.4 Å². The van der Waals surface area contributed by atoms with Gasteiger partial charge in [-0.1, -0.05) is 35.0 Å². The second-order valence-electron chi connectivity index (χ2n) is 10.4. The van der Waals surface area contributed by atoms with Gasteiger partial charge in [0.25, 0.3) is 0 Å². The molecule has 2 aromatic carbocycles. The number of hydrogen-bond acceptors (Lipinski definition) is 7. The van der Waals surface area contributed by atoms with E-state index in [2.05, 4.69) is 42.5 Å². The number of aryl methyl sites for hydroxylation is 4. The fraction of sp³-hybridized carbons (Fsp3) is 0.387. The van der Waals surface area contributed by atoms with Crippen molar-refractivity contribution in [3.8, 4) is 0 Å².